The number of benzene rings is 1. The van der Waals surface area contributed by atoms with E-state index in [-0.39, 0.29) is 21.7 Å². The van der Waals surface area contributed by atoms with E-state index in [4.69, 9.17) is 33.7 Å². The Bertz CT molecular complexity index is 647. The number of pyridine rings is 1. The normalized spacial score (nSPS) is 11.4. The summed E-state index contributed by atoms with van der Waals surface area (Å²) >= 11 is 11.5. The number of hydrogen-bond donors (Lipinski definition) is 1. The number of nitrogens with zero attached hydrogens (tertiary/aromatic N) is 1. The van der Waals surface area contributed by atoms with Gasteiger partial charge in [0.2, 0.25) is 5.88 Å². The van der Waals surface area contributed by atoms with Crippen molar-refractivity contribution in [3.8, 4) is 11.6 Å². The molecule has 1 aromatic carbocycles. The van der Waals surface area contributed by atoms with Crippen molar-refractivity contribution >= 4 is 29.0 Å². The van der Waals surface area contributed by atoms with Crippen LogP contribution in [0.3, 0.4) is 0 Å². The molecular weight excluding hydrogens is 316 g/mol. The van der Waals surface area contributed by atoms with Crippen molar-refractivity contribution in [1.82, 2.24) is 4.98 Å². The van der Waals surface area contributed by atoms with Crippen LogP contribution in [-0.2, 0) is 6.18 Å². The van der Waals surface area contributed by atoms with Gasteiger partial charge in [-0.15, -0.1) is 0 Å². The molecule has 0 saturated heterocycles. The molecule has 8 heteroatoms. The molecule has 0 aliphatic carbocycles. The quantitative estimate of drug-likeness (QED) is 0.865. The first-order chi connectivity index (χ1) is 9.29. The second kappa shape index (κ2) is 5.38. The number of alkyl halides is 3. The first kappa shape index (κ1) is 14.7. The third kappa shape index (κ3) is 3.08. The van der Waals surface area contributed by atoms with Gasteiger partial charge in [-0.1, -0.05) is 35.3 Å². The maximum atomic E-state index is 12.8. The van der Waals surface area contributed by atoms with Gasteiger partial charge in [0.15, 0.2) is 0 Å². The van der Waals surface area contributed by atoms with Crippen molar-refractivity contribution in [3.05, 3.63) is 45.9 Å². The lowest BCUT2D eigenvalue weighted by molar-refractivity contribution is -0.138. The van der Waals surface area contributed by atoms with Gasteiger partial charge in [0, 0.05) is 0 Å². The maximum absolute atomic E-state index is 12.8. The number of halogens is 5. The smallest absolute Gasteiger partial charge is 0.419 e. The van der Waals surface area contributed by atoms with E-state index in [0.29, 0.717) is 0 Å². The highest BCUT2D eigenvalue weighted by Crippen LogP contribution is 2.39. The molecular formula is C12H7Cl2F3N2O. The fourth-order valence-corrected chi connectivity index (χ4v) is 1.83. The molecule has 0 aliphatic heterocycles. The van der Waals surface area contributed by atoms with Crippen molar-refractivity contribution in [2.24, 2.45) is 0 Å². The molecule has 20 heavy (non-hydrogen) atoms. The average Bonchev–Trinajstić information content (AvgIpc) is 2.35. The van der Waals surface area contributed by atoms with Gasteiger partial charge in [-0.05, 0) is 18.2 Å². The molecule has 2 rings (SSSR count). The zero-order chi connectivity index (χ0) is 14.9. The van der Waals surface area contributed by atoms with Crippen LogP contribution in [0.2, 0.25) is 10.0 Å². The molecule has 106 valence electrons. The Hall–Kier alpha value is -1.66. The molecule has 0 saturated carbocycles. The lowest BCUT2D eigenvalue weighted by atomic mass is 10.2. The Morgan fingerprint density at radius 3 is 2.40 bits per heavy atom. The van der Waals surface area contributed by atoms with Gasteiger partial charge in [-0.3, -0.25) is 0 Å². The fraction of sp³-hybridized carbons (Fsp3) is 0.0833. The minimum absolute atomic E-state index is 0.0406. The lowest BCUT2D eigenvalue weighted by Crippen LogP contribution is -2.07. The van der Waals surface area contributed by atoms with E-state index >= 15 is 0 Å². The predicted octanol–water partition coefficient (Wildman–Crippen LogP) is 4.78. The SMILES string of the molecule is Nc1nc(Oc2ccccc2C(F)(F)F)c(Cl)cc1Cl. The number of nitrogen functional groups attached to an aromatic ring is 1. The van der Waals surface area contributed by atoms with Crippen molar-refractivity contribution in [3.63, 3.8) is 0 Å². The summed E-state index contributed by atoms with van der Waals surface area (Å²) in [5, 5.41) is 0.0487. The van der Waals surface area contributed by atoms with Crippen LogP contribution in [0.5, 0.6) is 11.6 Å². The zero-order valence-corrected chi connectivity index (χ0v) is 11.2. The molecule has 2 aromatic rings. The van der Waals surface area contributed by atoms with E-state index in [1.807, 2.05) is 0 Å². The molecule has 0 amide bonds. The van der Waals surface area contributed by atoms with Gasteiger partial charge in [0.25, 0.3) is 0 Å². The van der Waals surface area contributed by atoms with Crippen LogP contribution >= 0.6 is 23.2 Å². The molecule has 0 spiro atoms. The minimum Gasteiger partial charge on any atom is -0.437 e. The molecule has 0 aliphatic rings. The lowest BCUT2D eigenvalue weighted by Gasteiger charge is -2.13. The van der Waals surface area contributed by atoms with Crippen molar-refractivity contribution in [2.45, 2.75) is 6.18 Å². The van der Waals surface area contributed by atoms with E-state index in [1.165, 1.54) is 18.2 Å². The highest BCUT2D eigenvalue weighted by Gasteiger charge is 2.34. The summed E-state index contributed by atoms with van der Waals surface area (Å²) in [6, 6.07) is 5.95. The van der Waals surface area contributed by atoms with Crippen LogP contribution < -0.4 is 10.5 Å². The van der Waals surface area contributed by atoms with Gasteiger partial charge in [-0.25, -0.2) is 0 Å². The van der Waals surface area contributed by atoms with E-state index in [2.05, 4.69) is 4.98 Å². The molecule has 0 atom stereocenters. The summed E-state index contributed by atoms with van der Waals surface area (Å²) < 4.78 is 43.5. The fourth-order valence-electron chi connectivity index (χ4n) is 1.43. The molecule has 1 aromatic heterocycles. The standard InChI is InChI=1S/C12H7Cl2F3N2O/c13-7-5-8(14)11(19-10(7)18)20-9-4-2-1-3-6(9)12(15,16)17/h1-5H,(H2,18,19). The van der Waals surface area contributed by atoms with Gasteiger partial charge < -0.3 is 10.5 Å². The van der Waals surface area contributed by atoms with E-state index in [1.54, 1.807) is 0 Å². The molecule has 0 unspecified atom stereocenters. The van der Waals surface area contributed by atoms with Crippen molar-refractivity contribution < 1.29 is 17.9 Å². The predicted molar refractivity (Wildman–Crippen MR) is 70.2 cm³/mol. The Labute approximate surface area is 122 Å². The Kier molecular flexibility index (Phi) is 3.96. The van der Waals surface area contributed by atoms with Crippen LogP contribution in [0.4, 0.5) is 19.0 Å². The number of aromatic nitrogens is 1. The summed E-state index contributed by atoms with van der Waals surface area (Å²) in [4.78, 5) is 3.72. The number of para-hydroxylation sites is 1. The molecule has 0 bridgehead atoms. The Morgan fingerprint density at radius 1 is 1.10 bits per heavy atom. The van der Waals surface area contributed by atoms with Crippen LogP contribution in [0.25, 0.3) is 0 Å². The topological polar surface area (TPSA) is 48.1 Å². The third-order valence-electron chi connectivity index (χ3n) is 2.32. The first-order valence-corrected chi connectivity index (χ1v) is 6.00. The largest absolute Gasteiger partial charge is 0.437 e. The highest BCUT2D eigenvalue weighted by molar-refractivity contribution is 6.36. The summed E-state index contributed by atoms with van der Waals surface area (Å²) in [5.41, 5.74) is 4.52. The molecule has 3 nitrogen and oxygen atoms in total. The Balaban J connectivity index is 2.43. The van der Waals surface area contributed by atoms with Gasteiger partial charge in [0.05, 0.1) is 10.6 Å². The summed E-state index contributed by atoms with van der Waals surface area (Å²) in [6.07, 6.45) is -4.55. The van der Waals surface area contributed by atoms with Crippen LogP contribution in [-0.4, -0.2) is 4.98 Å². The monoisotopic (exact) mass is 322 g/mol. The van der Waals surface area contributed by atoms with Gasteiger partial charge in [0.1, 0.15) is 16.6 Å². The highest BCUT2D eigenvalue weighted by atomic mass is 35.5. The summed E-state index contributed by atoms with van der Waals surface area (Å²) in [5.74, 6) is -0.753. The zero-order valence-electron chi connectivity index (χ0n) is 9.71. The Morgan fingerprint density at radius 2 is 1.75 bits per heavy atom. The van der Waals surface area contributed by atoms with Crippen LogP contribution in [0.1, 0.15) is 5.56 Å². The van der Waals surface area contributed by atoms with Gasteiger partial charge >= 0.3 is 6.18 Å². The minimum atomic E-state index is -4.55. The maximum Gasteiger partial charge on any atom is 0.419 e. The average molecular weight is 323 g/mol. The second-order valence-corrected chi connectivity index (χ2v) is 4.55. The number of hydrogen-bond acceptors (Lipinski definition) is 3. The number of rotatable bonds is 2. The molecule has 0 radical (unpaired) electrons. The van der Waals surface area contributed by atoms with E-state index < -0.39 is 17.5 Å². The number of anilines is 1. The van der Waals surface area contributed by atoms with Crippen molar-refractivity contribution in [1.29, 1.82) is 0 Å². The molecule has 0 fully saturated rings. The molecule has 2 N–H and O–H groups in total. The number of ether oxygens (including phenoxy) is 1. The van der Waals surface area contributed by atoms with E-state index in [9.17, 15) is 13.2 Å². The first-order valence-electron chi connectivity index (χ1n) is 5.24. The van der Waals surface area contributed by atoms with Crippen LogP contribution in [0, 0.1) is 0 Å². The summed E-state index contributed by atoms with van der Waals surface area (Å²) in [7, 11) is 0. The third-order valence-corrected chi connectivity index (χ3v) is 2.90. The van der Waals surface area contributed by atoms with Crippen molar-refractivity contribution in [2.75, 3.05) is 5.73 Å². The number of nitrogens with two attached hydrogens (primary N) is 1. The summed E-state index contributed by atoms with van der Waals surface area (Å²) in [6.45, 7) is 0. The van der Waals surface area contributed by atoms with Gasteiger partial charge in [-0.2, -0.15) is 18.2 Å². The van der Waals surface area contributed by atoms with Crippen LogP contribution in [0.15, 0.2) is 30.3 Å². The van der Waals surface area contributed by atoms with E-state index in [0.717, 1.165) is 12.1 Å². The second-order valence-electron chi connectivity index (χ2n) is 3.74. The molecule has 1 heterocycles.